The van der Waals surface area contributed by atoms with Crippen molar-refractivity contribution in [1.82, 2.24) is 4.98 Å². The highest BCUT2D eigenvalue weighted by atomic mass is 32.1. The number of aromatic nitrogens is 1. The third-order valence-corrected chi connectivity index (χ3v) is 4.83. The van der Waals surface area contributed by atoms with Gasteiger partial charge in [-0.1, -0.05) is 13.8 Å². The molecule has 0 spiro atoms. The molecule has 3 nitrogen and oxygen atoms in total. The summed E-state index contributed by atoms with van der Waals surface area (Å²) in [4.78, 5) is 4.44. The lowest BCUT2D eigenvalue weighted by atomic mass is 9.82. The summed E-state index contributed by atoms with van der Waals surface area (Å²) in [5, 5.41) is 6.80. The molecule has 2 heterocycles. The van der Waals surface area contributed by atoms with Crippen LogP contribution in [0.2, 0.25) is 0 Å². The third kappa shape index (κ3) is 2.49. The van der Waals surface area contributed by atoms with Crippen molar-refractivity contribution in [2.45, 2.75) is 26.7 Å². The van der Waals surface area contributed by atoms with E-state index in [-0.39, 0.29) is 5.41 Å². The average molecular weight is 263 g/mol. The Bertz CT molecular complexity index is 494. The Hall–Kier alpha value is -1.13. The molecule has 2 aromatic rings. The van der Waals surface area contributed by atoms with Crippen molar-refractivity contribution in [1.29, 1.82) is 0 Å². The summed E-state index contributed by atoms with van der Waals surface area (Å²) < 4.78 is 1.28. The van der Waals surface area contributed by atoms with Crippen LogP contribution in [0.3, 0.4) is 0 Å². The van der Waals surface area contributed by atoms with Gasteiger partial charge in [0.15, 0.2) is 0 Å². The van der Waals surface area contributed by atoms with Gasteiger partial charge in [-0.2, -0.15) is 0 Å². The Morgan fingerprint density at radius 1 is 1.33 bits per heavy atom. The number of nitrogens with two attached hydrogens (primary N) is 1. The van der Waals surface area contributed by atoms with Gasteiger partial charge in [0.25, 0.3) is 0 Å². The second kappa shape index (κ2) is 5.67. The predicted molar refractivity (Wildman–Crippen MR) is 80.2 cm³/mol. The van der Waals surface area contributed by atoms with Crippen LogP contribution in [0.15, 0.2) is 23.7 Å². The Kier molecular flexibility index (Phi) is 4.19. The fourth-order valence-electron chi connectivity index (χ4n) is 2.17. The van der Waals surface area contributed by atoms with Crippen LogP contribution in [0.1, 0.15) is 26.7 Å². The summed E-state index contributed by atoms with van der Waals surface area (Å²) in [5.74, 6) is 0.980. The van der Waals surface area contributed by atoms with Gasteiger partial charge in [0, 0.05) is 22.8 Å². The van der Waals surface area contributed by atoms with E-state index >= 15 is 0 Å². The van der Waals surface area contributed by atoms with E-state index < -0.39 is 0 Å². The largest absolute Gasteiger partial charge is 0.369 e. The van der Waals surface area contributed by atoms with Crippen molar-refractivity contribution in [3.63, 3.8) is 0 Å². The summed E-state index contributed by atoms with van der Waals surface area (Å²) in [5.41, 5.74) is 6.11. The van der Waals surface area contributed by atoms with Gasteiger partial charge in [-0.15, -0.1) is 11.3 Å². The molecule has 18 heavy (non-hydrogen) atoms. The van der Waals surface area contributed by atoms with Gasteiger partial charge in [-0.3, -0.25) is 0 Å². The summed E-state index contributed by atoms with van der Waals surface area (Å²) in [6, 6.07) is 4.18. The molecule has 0 unspecified atom stereocenters. The molecule has 0 aliphatic carbocycles. The van der Waals surface area contributed by atoms with Crippen LogP contribution in [-0.2, 0) is 0 Å². The molecule has 0 radical (unpaired) electrons. The molecule has 98 valence electrons. The van der Waals surface area contributed by atoms with Crippen LogP contribution < -0.4 is 11.1 Å². The molecule has 0 bridgehead atoms. The number of nitrogens with zero attached hydrogens (tertiary/aromatic N) is 1. The maximum absolute atomic E-state index is 5.93. The Morgan fingerprint density at radius 3 is 2.78 bits per heavy atom. The number of pyridine rings is 1. The van der Waals surface area contributed by atoms with E-state index in [2.05, 4.69) is 41.7 Å². The zero-order valence-corrected chi connectivity index (χ0v) is 11.9. The quantitative estimate of drug-likeness (QED) is 0.839. The molecule has 0 fully saturated rings. The SMILES string of the molecule is CCC(CC)(CN)CNc1nccc2sccc12. The smallest absolute Gasteiger partial charge is 0.134 e. The average Bonchev–Trinajstić information content (AvgIpc) is 2.90. The van der Waals surface area contributed by atoms with Gasteiger partial charge in [-0.05, 0) is 42.3 Å². The molecule has 0 amide bonds. The van der Waals surface area contributed by atoms with E-state index in [0.717, 1.165) is 25.2 Å². The minimum atomic E-state index is 0.180. The molecule has 2 rings (SSSR count). The minimum absolute atomic E-state index is 0.180. The molecular weight excluding hydrogens is 242 g/mol. The highest BCUT2D eigenvalue weighted by Crippen LogP contribution is 2.29. The molecule has 4 heteroatoms. The van der Waals surface area contributed by atoms with Crippen LogP contribution >= 0.6 is 11.3 Å². The highest BCUT2D eigenvalue weighted by Gasteiger charge is 2.24. The normalized spacial score (nSPS) is 11.9. The first-order valence-corrected chi connectivity index (χ1v) is 7.39. The molecule has 2 aromatic heterocycles. The van der Waals surface area contributed by atoms with Crippen LogP contribution in [0.5, 0.6) is 0 Å². The second-order valence-electron chi connectivity index (χ2n) is 4.76. The lowest BCUT2D eigenvalue weighted by molar-refractivity contribution is 0.294. The molecular formula is C14H21N3S. The molecule has 0 aliphatic rings. The second-order valence-corrected chi connectivity index (χ2v) is 5.70. The molecule has 0 saturated carbocycles. The van der Waals surface area contributed by atoms with Gasteiger partial charge in [0.1, 0.15) is 5.82 Å². The van der Waals surface area contributed by atoms with Gasteiger partial charge in [-0.25, -0.2) is 4.98 Å². The van der Waals surface area contributed by atoms with Gasteiger partial charge in [0.05, 0.1) is 0 Å². The van der Waals surface area contributed by atoms with Crippen molar-refractivity contribution in [2.24, 2.45) is 11.1 Å². The van der Waals surface area contributed by atoms with Crippen LogP contribution in [-0.4, -0.2) is 18.1 Å². The van der Waals surface area contributed by atoms with Crippen molar-refractivity contribution in [3.8, 4) is 0 Å². The number of fused-ring (bicyclic) bond motifs is 1. The van der Waals surface area contributed by atoms with Gasteiger partial charge in [0.2, 0.25) is 0 Å². The summed E-state index contributed by atoms with van der Waals surface area (Å²) in [7, 11) is 0. The van der Waals surface area contributed by atoms with Crippen molar-refractivity contribution >= 4 is 27.2 Å². The van der Waals surface area contributed by atoms with Crippen molar-refractivity contribution in [3.05, 3.63) is 23.7 Å². The Labute approximate surface area is 112 Å². The summed E-state index contributed by atoms with van der Waals surface area (Å²) >= 11 is 1.75. The number of nitrogens with one attached hydrogen (secondary N) is 1. The molecule has 0 aromatic carbocycles. The Morgan fingerprint density at radius 2 is 2.11 bits per heavy atom. The first-order chi connectivity index (χ1) is 8.74. The van der Waals surface area contributed by atoms with Crippen LogP contribution in [0.4, 0.5) is 5.82 Å². The van der Waals surface area contributed by atoms with Gasteiger partial charge >= 0.3 is 0 Å². The van der Waals surface area contributed by atoms with E-state index in [4.69, 9.17) is 5.73 Å². The van der Waals surface area contributed by atoms with E-state index in [9.17, 15) is 0 Å². The van der Waals surface area contributed by atoms with E-state index in [1.165, 1.54) is 10.1 Å². The maximum atomic E-state index is 5.93. The number of thiophene rings is 1. The highest BCUT2D eigenvalue weighted by molar-refractivity contribution is 7.17. The zero-order chi connectivity index (χ0) is 13.0. The van der Waals surface area contributed by atoms with Crippen LogP contribution in [0, 0.1) is 5.41 Å². The lowest BCUT2D eigenvalue weighted by Crippen LogP contribution is -2.36. The van der Waals surface area contributed by atoms with Crippen molar-refractivity contribution in [2.75, 3.05) is 18.4 Å². The van der Waals surface area contributed by atoms with Crippen molar-refractivity contribution < 1.29 is 0 Å². The summed E-state index contributed by atoms with van der Waals surface area (Å²) in [6.45, 7) is 6.01. The number of hydrogen-bond donors (Lipinski definition) is 2. The van der Waals surface area contributed by atoms with Crippen LogP contribution in [0.25, 0.3) is 10.1 Å². The predicted octanol–water partition coefficient (Wildman–Crippen LogP) is 3.47. The fourth-order valence-corrected chi connectivity index (χ4v) is 2.95. The van der Waals surface area contributed by atoms with E-state index in [1.807, 2.05) is 6.20 Å². The molecule has 0 aliphatic heterocycles. The number of hydrogen-bond acceptors (Lipinski definition) is 4. The Balaban J connectivity index is 2.17. The molecule has 0 atom stereocenters. The topological polar surface area (TPSA) is 50.9 Å². The first kappa shape index (κ1) is 13.3. The number of rotatable bonds is 6. The molecule has 0 saturated heterocycles. The molecule has 3 N–H and O–H groups in total. The monoisotopic (exact) mass is 263 g/mol. The van der Waals surface area contributed by atoms with E-state index in [0.29, 0.717) is 6.54 Å². The zero-order valence-electron chi connectivity index (χ0n) is 11.1. The first-order valence-electron chi connectivity index (χ1n) is 6.51. The standard InChI is InChI=1S/C14H21N3S/c1-3-14(4-2,9-15)10-17-13-11-6-8-18-12(11)5-7-16-13/h5-8H,3-4,9-10,15H2,1-2H3,(H,16,17). The van der Waals surface area contributed by atoms with E-state index in [1.54, 1.807) is 11.3 Å². The fraction of sp³-hybridized carbons (Fsp3) is 0.500. The summed E-state index contributed by atoms with van der Waals surface area (Å²) in [6.07, 6.45) is 4.04. The number of anilines is 1. The van der Waals surface area contributed by atoms with Gasteiger partial charge < -0.3 is 11.1 Å². The minimum Gasteiger partial charge on any atom is -0.369 e. The maximum Gasteiger partial charge on any atom is 0.134 e. The third-order valence-electron chi connectivity index (χ3n) is 3.94. The lowest BCUT2D eigenvalue weighted by Gasteiger charge is -2.30.